The smallest absolute Gasteiger partial charge is 0.344 e. The molecule has 24 heavy (non-hydrogen) atoms. The molecule has 1 aliphatic carbocycles. The van der Waals surface area contributed by atoms with Crippen molar-refractivity contribution < 1.29 is 14.6 Å². The van der Waals surface area contributed by atoms with Crippen LogP contribution in [0.2, 0.25) is 0 Å². The number of thiophene rings is 1. The number of aryl methyl sites for hydroxylation is 2. The fourth-order valence-corrected chi connectivity index (χ4v) is 4.79. The zero-order chi connectivity index (χ0) is 16.9. The second-order valence-electron chi connectivity index (χ2n) is 6.66. The van der Waals surface area contributed by atoms with Gasteiger partial charge in [-0.05, 0) is 67.7 Å². The molecule has 1 heterocycles. The Morgan fingerprint density at radius 1 is 1.25 bits per heavy atom. The SMILES string of the molecule is CCCCCCC(Oc1ccc2c3c(sc2c1)CCCC3)C(=O)O. The third-order valence-electron chi connectivity index (χ3n) is 4.80. The van der Waals surface area contributed by atoms with Crippen LogP contribution >= 0.6 is 11.3 Å². The van der Waals surface area contributed by atoms with E-state index < -0.39 is 12.1 Å². The lowest BCUT2D eigenvalue weighted by Gasteiger charge is -2.15. The highest BCUT2D eigenvalue weighted by molar-refractivity contribution is 7.19. The van der Waals surface area contributed by atoms with Gasteiger partial charge in [0.15, 0.2) is 6.10 Å². The summed E-state index contributed by atoms with van der Waals surface area (Å²) in [4.78, 5) is 13.0. The molecule has 0 radical (unpaired) electrons. The van der Waals surface area contributed by atoms with Gasteiger partial charge in [-0.15, -0.1) is 11.3 Å². The van der Waals surface area contributed by atoms with Crippen molar-refractivity contribution in [2.24, 2.45) is 0 Å². The lowest BCUT2D eigenvalue weighted by Crippen LogP contribution is -2.26. The lowest BCUT2D eigenvalue weighted by molar-refractivity contribution is -0.145. The van der Waals surface area contributed by atoms with Crippen LogP contribution < -0.4 is 4.74 Å². The Morgan fingerprint density at radius 2 is 2.08 bits per heavy atom. The first-order valence-electron chi connectivity index (χ1n) is 9.12. The monoisotopic (exact) mass is 346 g/mol. The molecule has 2 aromatic rings. The third kappa shape index (κ3) is 3.92. The maximum atomic E-state index is 11.5. The van der Waals surface area contributed by atoms with E-state index in [4.69, 9.17) is 4.74 Å². The van der Waals surface area contributed by atoms with Crippen molar-refractivity contribution in [1.82, 2.24) is 0 Å². The largest absolute Gasteiger partial charge is 0.479 e. The zero-order valence-corrected chi connectivity index (χ0v) is 15.2. The molecule has 0 aliphatic heterocycles. The van der Waals surface area contributed by atoms with Crippen molar-refractivity contribution in [1.29, 1.82) is 0 Å². The van der Waals surface area contributed by atoms with E-state index in [1.807, 2.05) is 23.5 Å². The molecule has 0 saturated carbocycles. The number of rotatable bonds is 8. The first-order chi connectivity index (χ1) is 11.7. The molecule has 4 heteroatoms. The molecule has 130 valence electrons. The van der Waals surface area contributed by atoms with Crippen LogP contribution in [0.3, 0.4) is 0 Å². The Morgan fingerprint density at radius 3 is 2.88 bits per heavy atom. The Balaban J connectivity index is 1.72. The number of carboxylic acid groups (broad SMARTS) is 1. The summed E-state index contributed by atoms with van der Waals surface area (Å²) in [6.07, 6.45) is 9.02. The van der Waals surface area contributed by atoms with E-state index in [0.29, 0.717) is 12.2 Å². The van der Waals surface area contributed by atoms with Gasteiger partial charge in [0.1, 0.15) is 5.75 Å². The molecular formula is C20H26O3S. The number of carbonyl (C=O) groups is 1. The Hall–Kier alpha value is -1.55. The highest BCUT2D eigenvalue weighted by atomic mass is 32.1. The van der Waals surface area contributed by atoms with Gasteiger partial charge in [0, 0.05) is 9.58 Å². The molecule has 0 spiro atoms. The molecule has 1 N–H and O–H groups in total. The van der Waals surface area contributed by atoms with Gasteiger partial charge in [0.05, 0.1) is 0 Å². The van der Waals surface area contributed by atoms with Crippen LogP contribution in [-0.2, 0) is 17.6 Å². The van der Waals surface area contributed by atoms with Crippen molar-refractivity contribution in [3.05, 3.63) is 28.6 Å². The average molecular weight is 346 g/mol. The average Bonchev–Trinajstić information content (AvgIpc) is 2.95. The third-order valence-corrected chi connectivity index (χ3v) is 6.06. The minimum absolute atomic E-state index is 0.578. The van der Waals surface area contributed by atoms with E-state index in [2.05, 4.69) is 13.0 Å². The number of ether oxygens (including phenoxy) is 1. The fraction of sp³-hybridized carbons (Fsp3) is 0.550. The van der Waals surface area contributed by atoms with Crippen molar-refractivity contribution >= 4 is 27.4 Å². The van der Waals surface area contributed by atoms with Gasteiger partial charge in [0.2, 0.25) is 0 Å². The van der Waals surface area contributed by atoms with Gasteiger partial charge >= 0.3 is 5.97 Å². The lowest BCUT2D eigenvalue weighted by atomic mass is 9.96. The highest BCUT2D eigenvalue weighted by Crippen LogP contribution is 2.38. The normalized spacial score (nSPS) is 15.2. The molecule has 0 saturated heterocycles. The topological polar surface area (TPSA) is 46.5 Å². The van der Waals surface area contributed by atoms with Crippen LogP contribution in [0.4, 0.5) is 0 Å². The van der Waals surface area contributed by atoms with Gasteiger partial charge in [-0.3, -0.25) is 0 Å². The summed E-state index contributed by atoms with van der Waals surface area (Å²) in [5.41, 5.74) is 1.50. The molecule has 0 fully saturated rings. The summed E-state index contributed by atoms with van der Waals surface area (Å²) in [5, 5.41) is 10.7. The van der Waals surface area contributed by atoms with Crippen molar-refractivity contribution in [3.63, 3.8) is 0 Å². The van der Waals surface area contributed by atoms with Crippen LogP contribution in [0.15, 0.2) is 18.2 Å². The number of hydrogen-bond donors (Lipinski definition) is 1. The molecule has 1 atom stereocenters. The van der Waals surface area contributed by atoms with Crippen LogP contribution in [0.1, 0.15) is 62.3 Å². The maximum Gasteiger partial charge on any atom is 0.344 e. The summed E-state index contributed by atoms with van der Waals surface area (Å²) in [6.45, 7) is 2.15. The van der Waals surface area contributed by atoms with Crippen LogP contribution in [0, 0.1) is 0 Å². The van der Waals surface area contributed by atoms with E-state index in [1.165, 1.54) is 46.2 Å². The van der Waals surface area contributed by atoms with Crippen LogP contribution in [-0.4, -0.2) is 17.2 Å². The second-order valence-corrected chi connectivity index (χ2v) is 7.80. The Bertz CT molecular complexity index is 704. The van der Waals surface area contributed by atoms with Gasteiger partial charge in [-0.1, -0.05) is 26.2 Å². The zero-order valence-electron chi connectivity index (χ0n) is 14.3. The summed E-state index contributed by atoms with van der Waals surface area (Å²) in [7, 11) is 0. The van der Waals surface area contributed by atoms with Crippen molar-refractivity contribution in [2.45, 2.75) is 70.8 Å². The summed E-state index contributed by atoms with van der Waals surface area (Å²) in [5.74, 6) is -0.180. The molecule has 0 amide bonds. The molecule has 3 rings (SSSR count). The summed E-state index contributed by atoms with van der Waals surface area (Å²) >= 11 is 1.85. The quantitative estimate of drug-likeness (QED) is 0.634. The van der Waals surface area contributed by atoms with Gasteiger partial charge < -0.3 is 9.84 Å². The van der Waals surface area contributed by atoms with Crippen molar-refractivity contribution in [3.8, 4) is 5.75 Å². The Labute approximate surface area is 147 Å². The van der Waals surface area contributed by atoms with E-state index in [1.54, 1.807) is 0 Å². The second kappa shape index (κ2) is 8.02. The summed E-state index contributed by atoms with van der Waals surface area (Å²) in [6, 6.07) is 6.08. The number of fused-ring (bicyclic) bond motifs is 3. The number of hydrogen-bond acceptors (Lipinski definition) is 3. The number of unbranched alkanes of at least 4 members (excludes halogenated alkanes) is 3. The number of aliphatic carboxylic acids is 1. The van der Waals surface area contributed by atoms with E-state index in [0.717, 1.165) is 25.7 Å². The molecule has 1 aromatic carbocycles. The predicted molar refractivity (Wildman–Crippen MR) is 99.3 cm³/mol. The van der Waals surface area contributed by atoms with E-state index >= 15 is 0 Å². The molecule has 1 aromatic heterocycles. The highest BCUT2D eigenvalue weighted by Gasteiger charge is 2.20. The van der Waals surface area contributed by atoms with Crippen molar-refractivity contribution in [2.75, 3.05) is 0 Å². The minimum Gasteiger partial charge on any atom is -0.479 e. The maximum absolute atomic E-state index is 11.5. The number of carboxylic acids is 1. The first-order valence-corrected chi connectivity index (χ1v) is 9.94. The van der Waals surface area contributed by atoms with E-state index in [-0.39, 0.29) is 0 Å². The first kappa shape index (κ1) is 17.3. The molecule has 1 unspecified atom stereocenters. The van der Waals surface area contributed by atoms with Gasteiger partial charge in [0.25, 0.3) is 0 Å². The number of benzene rings is 1. The molecule has 3 nitrogen and oxygen atoms in total. The fourth-order valence-electron chi connectivity index (χ4n) is 3.47. The van der Waals surface area contributed by atoms with Gasteiger partial charge in [-0.25, -0.2) is 4.79 Å². The molecule has 0 bridgehead atoms. The Kier molecular flexibility index (Phi) is 5.77. The van der Waals surface area contributed by atoms with Crippen LogP contribution in [0.25, 0.3) is 10.1 Å². The standard InChI is InChI=1S/C20H26O3S/c1-2-3-4-5-9-17(20(21)22)23-14-11-12-16-15-8-6-7-10-18(15)24-19(16)13-14/h11-13,17H,2-10H2,1H3,(H,21,22). The predicted octanol–water partition coefficient (Wildman–Crippen LogP) is 5.58. The molecular weight excluding hydrogens is 320 g/mol. The molecule has 1 aliphatic rings. The van der Waals surface area contributed by atoms with Gasteiger partial charge in [-0.2, -0.15) is 0 Å². The van der Waals surface area contributed by atoms with Crippen LogP contribution in [0.5, 0.6) is 5.75 Å². The minimum atomic E-state index is -0.864. The summed E-state index contributed by atoms with van der Waals surface area (Å²) < 4.78 is 7.03. The van der Waals surface area contributed by atoms with E-state index in [9.17, 15) is 9.90 Å².